The summed E-state index contributed by atoms with van der Waals surface area (Å²) in [6.07, 6.45) is 2.82. The van der Waals surface area contributed by atoms with Crippen LogP contribution in [0.15, 0.2) is 24.5 Å². The van der Waals surface area contributed by atoms with Crippen LogP contribution in [-0.2, 0) is 11.5 Å². The maximum atomic E-state index is 11.5. The maximum Gasteiger partial charge on any atom is 0.407 e. The molecule has 2 fully saturated rings. The van der Waals surface area contributed by atoms with E-state index in [1.165, 1.54) is 4.90 Å². The van der Waals surface area contributed by atoms with E-state index in [1.54, 1.807) is 0 Å². The van der Waals surface area contributed by atoms with Crippen LogP contribution in [0.3, 0.4) is 0 Å². The van der Waals surface area contributed by atoms with Crippen molar-refractivity contribution >= 4 is 37.0 Å². The fourth-order valence-electron chi connectivity index (χ4n) is 5.59. The number of amides is 1. The summed E-state index contributed by atoms with van der Waals surface area (Å²) in [5.41, 5.74) is 3.22. The molecule has 0 aromatic carbocycles. The highest BCUT2D eigenvalue weighted by atomic mass is 28.3. The molecule has 0 spiro atoms. The zero-order chi connectivity index (χ0) is 29.3. The largest absolute Gasteiger partial charge is 0.465 e. The minimum Gasteiger partial charge on any atom is -0.465 e. The van der Waals surface area contributed by atoms with E-state index in [-0.39, 0.29) is 18.1 Å². The van der Waals surface area contributed by atoms with Crippen molar-refractivity contribution in [2.24, 2.45) is 0 Å². The van der Waals surface area contributed by atoms with E-state index in [2.05, 4.69) is 48.6 Å². The third kappa shape index (κ3) is 6.46. The van der Waals surface area contributed by atoms with Gasteiger partial charge >= 0.3 is 6.09 Å². The van der Waals surface area contributed by atoms with Gasteiger partial charge in [-0.3, -0.25) is 0 Å². The van der Waals surface area contributed by atoms with E-state index in [0.29, 0.717) is 38.9 Å². The predicted molar refractivity (Wildman–Crippen MR) is 163 cm³/mol. The van der Waals surface area contributed by atoms with Crippen LogP contribution in [0.2, 0.25) is 25.7 Å². The Morgan fingerprint density at radius 1 is 1.07 bits per heavy atom. The van der Waals surface area contributed by atoms with E-state index in [1.807, 2.05) is 36.1 Å². The molecule has 2 aliphatic heterocycles. The van der Waals surface area contributed by atoms with E-state index in [9.17, 15) is 9.90 Å². The molecule has 12 nitrogen and oxygen atoms in total. The zero-order valence-corrected chi connectivity index (χ0v) is 26.0. The molecular formula is C28H43N9O3Si. The second-order valence-corrected chi connectivity index (χ2v) is 18.2. The molecule has 2 N–H and O–H groups in total. The topological polar surface area (TPSA) is 125 Å². The predicted octanol–water partition coefficient (Wildman–Crippen LogP) is 3.58. The van der Waals surface area contributed by atoms with Crippen LogP contribution < -0.4 is 15.1 Å². The Kier molecular flexibility index (Phi) is 8.48. The molecule has 3 aromatic heterocycles. The molecule has 222 valence electrons. The molecule has 41 heavy (non-hydrogen) atoms. The number of fused-ring (bicyclic) bond motifs is 1. The van der Waals surface area contributed by atoms with Gasteiger partial charge in [0.2, 0.25) is 5.95 Å². The molecule has 0 bridgehead atoms. The van der Waals surface area contributed by atoms with Gasteiger partial charge in [-0.05, 0) is 38.9 Å². The van der Waals surface area contributed by atoms with Crippen molar-refractivity contribution < 1.29 is 14.6 Å². The molecule has 1 amide bonds. The molecule has 1 unspecified atom stereocenters. The summed E-state index contributed by atoms with van der Waals surface area (Å²) in [5, 5.41) is 17.8. The SMILES string of the molecule is CC1CN(c2ccc(-c3nn(COCC[Si](C)(C)C)c4cnc(N5[C@H](C)CNC[C@@H]5C)nc34)cn2)CCN1C(=O)O. The number of ether oxygens (including phenoxy) is 1. The summed E-state index contributed by atoms with van der Waals surface area (Å²) in [4.78, 5) is 32.0. The Morgan fingerprint density at radius 3 is 2.46 bits per heavy atom. The molecule has 2 saturated heterocycles. The molecule has 5 heterocycles. The second-order valence-electron chi connectivity index (χ2n) is 12.5. The number of hydrogen-bond acceptors (Lipinski definition) is 9. The van der Waals surface area contributed by atoms with Gasteiger partial charge in [0.05, 0.1) is 6.20 Å². The molecule has 2 aliphatic rings. The highest BCUT2D eigenvalue weighted by Crippen LogP contribution is 2.30. The number of hydrogen-bond donors (Lipinski definition) is 2. The van der Waals surface area contributed by atoms with Crippen molar-refractivity contribution in [3.05, 3.63) is 24.5 Å². The third-order valence-corrected chi connectivity index (χ3v) is 9.67. The lowest BCUT2D eigenvalue weighted by Crippen LogP contribution is -2.55. The first-order valence-electron chi connectivity index (χ1n) is 14.5. The smallest absolute Gasteiger partial charge is 0.407 e. The molecule has 0 radical (unpaired) electrons. The molecule has 5 rings (SSSR count). The summed E-state index contributed by atoms with van der Waals surface area (Å²) in [7, 11) is -1.20. The van der Waals surface area contributed by atoms with Crippen molar-refractivity contribution in [1.29, 1.82) is 0 Å². The van der Waals surface area contributed by atoms with Crippen LogP contribution in [0.5, 0.6) is 0 Å². The van der Waals surface area contributed by atoms with Crippen LogP contribution in [0.4, 0.5) is 16.6 Å². The quantitative estimate of drug-likeness (QED) is 0.301. The Balaban J connectivity index is 1.44. The summed E-state index contributed by atoms with van der Waals surface area (Å²) in [6.45, 7) is 17.8. The number of anilines is 2. The van der Waals surface area contributed by atoms with Crippen LogP contribution in [0.1, 0.15) is 20.8 Å². The number of carboxylic acid groups (broad SMARTS) is 1. The summed E-state index contributed by atoms with van der Waals surface area (Å²) >= 11 is 0. The van der Waals surface area contributed by atoms with Crippen LogP contribution in [-0.4, -0.2) is 106 Å². The van der Waals surface area contributed by atoms with Crippen molar-refractivity contribution in [3.8, 4) is 11.3 Å². The van der Waals surface area contributed by atoms with Gasteiger partial charge < -0.3 is 29.9 Å². The second kappa shape index (κ2) is 11.9. The van der Waals surface area contributed by atoms with Gasteiger partial charge in [-0.2, -0.15) is 5.10 Å². The van der Waals surface area contributed by atoms with E-state index in [4.69, 9.17) is 24.8 Å². The number of piperazine rings is 2. The molecule has 3 atom stereocenters. The van der Waals surface area contributed by atoms with Gasteiger partial charge in [-0.25, -0.2) is 24.4 Å². The van der Waals surface area contributed by atoms with Crippen molar-refractivity contribution in [3.63, 3.8) is 0 Å². The first-order chi connectivity index (χ1) is 19.5. The van der Waals surface area contributed by atoms with Crippen molar-refractivity contribution in [2.75, 3.05) is 49.1 Å². The highest BCUT2D eigenvalue weighted by Gasteiger charge is 2.29. The Bertz CT molecular complexity index is 1350. The van der Waals surface area contributed by atoms with Crippen molar-refractivity contribution in [1.82, 2.24) is 34.9 Å². The normalized spacial score (nSPS) is 22.0. The minimum atomic E-state index is -1.20. The third-order valence-electron chi connectivity index (χ3n) is 7.97. The summed E-state index contributed by atoms with van der Waals surface area (Å²) < 4.78 is 7.91. The molecule has 13 heteroatoms. The maximum absolute atomic E-state index is 11.5. The lowest BCUT2D eigenvalue weighted by atomic mass is 10.1. The van der Waals surface area contributed by atoms with Crippen molar-refractivity contribution in [2.45, 2.75) is 71.3 Å². The van der Waals surface area contributed by atoms with Gasteiger partial charge in [0.25, 0.3) is 0 Å². The Morgan fingerprint density at radius 2 is 1.83 bits per heavy atom. The first-order valence-corrected chi connectivity index (χ1v) is 18.2. The highest BCUT2D eigenvalue weighted by molar-refractivity contribution is 6.76. The standard InChI is InChI=1S/C28H43N9O3Si/c1-19-13-29-14-20(2)37(19)27-31-16-23-26(32-27)25(33-36(23)18-40-11-12-41(4,5)6)22-7-8-24(30-15-22)34-9-10-35(28(38)39)21(3)17-34/h7-8,15-16,19-21,29H,9-14,17-18H2,1-6H3,(H,38,39)/t19-,20+,21?. The monoisotopic (exact) mass is 581 g/mol. The zero-order valence-electron chi connectivity index (χ0n) is 25.0. The lowest BCUT2D eigenvalue weighted by molar-refractivity contribution is 0.0818. The van der Waals surface area contributed by atoms with Crippen LogP contribution in [0, 0.1) is 0 Å². The number of carbonyl (C=O) groups is 1. The number of rotatable bonds is 8. The fraction of sp³-hybridized carbons (Fsp3) is 0.607. The molecule has 0 aliphatic carbocycles. The van der Waals surface area contributed by atoms with Crippen LogP contribution in [0.25, 0.3) is 22.3 Å². The summed E-state index contributed by atoms with van der Waals surface area (Å²) in [5.74, 6) is 1.53. The number of aromatic nitrogens is 5. The van der Waals surface area contributed by atoms with Gasteiger partial charge in [0, 0.05) is 77.3 Å². The number of nitrogens with one attached hydrogen (secondary N) is 1. The minimum absolute atomic E-state index is 0.104. The van der Waals surface area contributed by atoms with Gasteiger partial charge in [0.1, 0.15) is 29.3 Å². The molecule has 3 aromatic rings. The van der Waals surface area contributed by atoms with Gasteiger partial charge in [-0.15, -0.1) is 0 Å². The van der Waals surface area contributed by atoms with E-state index < -0.39 is 14.2 Å². The Hall–Kier alpha value is -3.29. The van der Waals surface area contributed by atoms with Gasteiger partial charge in [-0.1, -0.05) is 19.6 Å². The number of pyridine rings is 1. The molecule has 0 saturated carbocycles. The van der Waals surface area contributed by atoms with Gasteiger partial charge in [0.15, 0.2) is 0 Å². The average molecular weight is 582 g/mol. The first kappa shape index (κ1) is 29.2. The Labute approximate surface area is 242 Å². The average Bonchev–Trinajstić information content (AvgIpc) is 3.28. The van der Waals surface area contributed by atoms with E-state index in [0.717, 1.165) is 47.2 Å². The molecular weight excluding hydrogens is 538 g/mol. The fourth-order valence-corrected chi connectivity index (χ4v) is 6.34. The lowest BCUT2D eigenvalue weighted by Gasteiger charge is -2.39. The van der Waals surface area contributed by atoms with Crippen LogP contribution >= 0.6 is 0 Å². The van der Waals surface area contributed by atoms with E-state index >= 15 is 0 Å². The number of nitrogens with zero attached hydrogens (tertiary/aromatic N) is 8. The summed E-state index contributed by atoms with van der Waals surface area (Å²) in [6, 6.07) is 5.52.